The number of hydrogen-bond donors (Lipinski definition) is 1. The molecule has 132 valence electrons. The van der Waals surface area contributed by atoms with Crippen molar-refractivity contribution in [3.63, 3.8) is 0 Å². The number of nitrogens with one attached hydrogen (secondary N) is 1. The molecule has 0 spiro atoms. The second-order valence-corrected chi connectivity index (χ2v) is 8.33. The summed E-state index contributed by atoms with van der Waals surface area (Å²) >= 11 is 0. The Balaban J connectivity index is 1.80. The van der Waals surface area contributed by atoms with E-state index in [1.165, 1.54) is 6.07 Å². The van der Waals surface area contributed by atoms with Gasteiger partial charge in [0.15, 0.2) is 0 Å². The molecule has 1 amide bonds. The van der Waals surface area contributed by atoms with Crippen LogP contribution in [0.3, 0.4) is 0 Å². The van der Waals surface area contributed by atoms with Gasteiger partial charge in [-0.2, -0.15) is 4.72 Å². The van der Waals surface area contributed by atoms with Crippen molar-refractivity contribution in [3.8, 4) is 0 Å². The van der Waals surface area contributed by atoms with E-state index >= 15 is 0 Å². The molecule has 2 aromatic carbocycles. The molecule has 25 heavy (non-hydrogen) atoms. The van der Waals surface area contributed by atoms with E-state index in [0.29, 0.717) is 13.0 Å². The van der Waals surface area contributed by atoms with E-state index in [9.17, 15) is 13.2 Å². The van der Waals surface area contributed by atoms with E-state index in [4.69, 9.17) is 0 Å². The lowest BCUT2D eigenvalue weighted by molar-refractivity contribution is -0.118. The summed E-state index contributed by atoms with van der Waals surface area (Å²) < 4.78 is 27.7. The first-order valence-electron chi connectivity index (χ1n) is 8.25. The van der Waals surface area contributed by atoms with Gasteiger partial charge in [-0.1, -0.05) is 18.2 Å². The maximum atomic E-state index is 12.7. The summed E-state index contributed by atoms with van der Waals surface area (Å²) in [5.74, 6) is -0.207. The number of carbonyl (C=O) groups excluding carboxylic acids is 1. The number of sulfonamides is 1. The smallest absolute Gasteiger partial charge is 0.245 e. The predicted octanol–water partition coefficient (Wildman–Crippen LogP) is 2.70. The third kappa shape index (κ3) is 3.75. The average Bonchev–Trinajstić information content (AvgIpc) is 2.87. The number of rotatable bonds is 4. The van der Waals surface area contributed by atoms with E-state index in [2.05, 4.69) is 4.72 Å². The van der Waals surface area contributed by atoms with Crippen LogP contribution in [0.15, 0.2) is 47.4 Å². The Bertz CT molecular complexity index is 902. The van der Waals surface area contributed by atoms with Crippen LogP contribution in [-0.4, -0.2) is 26.9 Å². The maximum Gasteiger partial charge on any atom is 0.245 e. The molecule has 5 nitrogen and oxygen atoms in total. The first-order valence-corrected chi connectivity index (χ1v) is 9.73. The summed E-state index contributed by atoms with van der Waals surface area (Å²) in [6.07, 6.45) is 0.455. The first kappa shape index (κ1) is 17.6. The summed E-state index contributed by atoms with van der Waals surface area (Å²) in [6.45, 7) is 6.30. The fraction of sp³-hybridized carbons (Fsp3) is 0.316. The van der Waals surface area contributed by atoms with Gasteiger partial charge in [-0.25, -0.2) is 8.42 Å². The summed E-state index contributed by atoms with van der Waals surface area (Å²) in [7, 11) is -3.72. The maximum absolute atomic E-state index is 12.7. The van der Waals surface area contributed by atoms with Crippen molar-refractivity contribution < 1.29 is 13.2 Å². The Morgan fingerprint density at radius 2 is 1.68 bits per heavy atom. The second kappa shape index (κ2) is 6.61. The molecule has 6 heteroatoms. The van der Waals surface area contributed by atoms with E-state index < -0.39 is 16.1 Å². The fourth-order valence-corrected chi connectivity index (χ4v) is 4.52. The Morgan fingerprint density at radius 3 is 2.32 bits per heavy atom. The lowest BCUT2D eigenvalue weighted by atomic mass is 10.1. The molecule has 1 aliphatic rings. The van der Waals surface area contributed by atoms with Crippen LogP contribution in [0.1, 0.15) is 23.1 Å². The quantitative estimate of drug-likeness (QED) is 0.914. The van der Waals surface area contributed by atoms with Crippen molar-refractivity contribution >= 4 is 21.6 Å². The van der Waals surface area contributed by atoms with Gasteiger partial charge in [-0.05, 0) is 68.1 Å². The van der Waals surface area contributed by atoms with Gasteiger partial charge in [0.25, 0.3) is 0 Å². The van der Waals surface area contributed by atoms with Crippen molar-refractivity contribution in [3.05, 3.63) is 59.2 Å². The highest BCUT2D eigenvalue weighted by atomic mass is 32.2. The molecule has 1 fully saturated rings. The van der Waals surface area contributed by atoms with Gasteiger partial charge in [0.05, 0.1) is 4.90 Å². The van der Waals surface area contributed by atoms with Crippen LogP contribution in [0.25, 0.3) is 0 Å². The third-order valence-corrected chi connectivity index (χ3v) is 5.79. The zero-order chi connectivity index (χ0) is 18.2. The zero-order valence-corrected chi connectivity index (χ0v) is 15.4. The van der Waals surface area contributed by atoms with E-state index in [0.717, 1.165) is 22.4 Å². The predicted molar refractivity (Wildman–Crippen MR) is 98.2 cm³/mol. The van der Waals surface area contributed by atoms with Crippen LogP contribution in [0.5, 0.6) is 0 Å². The average molecular weight is 358 g/mol. The molecule has 1 N–H and O–H groups in total. The minimum atomic E-state index is -3.72. The molecule has 0 radical (unpaired) electrons. The summed E-state index contributed by atoms with van der Waals surface area (Å²) in [5, 5.41) is 0. The van der Waals surface area contributed by atoms with Crippen molar-refractivity contribution in [2.24, 2.45) is 0 Å². The van der Waals surface area contributed by atoms with Crippen LogP contribution in [-0.2, 0) is 14.8 Å². The highest BCUT2D eigenvalue weighted by Crippen LogP contribution is 2.25. The number of anilines is 1. The van der Waals surface area contributed by atoms with Gasteiger partial charge in [0.2, 0.25) is 15.9 Å². The van der Waals surface area contributed by atoms with Gasteiger partial charge >= 0.3 is 0 Å². The van der Waals surface area contributed by atoms with Gasteiger partial charge in [0.1, 0.15) is 6.04 Å². The highest BCUT2D eigenvalue weighted by Gasteiger charge is 2.35. The largest absolute Gasteiger partial charge is 0.311 e. The zero-order valence-electron chi connectivity index (χ0n) is 14.6. The lowest BCUT2D eigenvalue weighted by Gasteiger charge is -2.18. The van der Waals surface area contributed by atoms with Gasteiger partial charge in [-0.15, -0.1) is 0 Å². The molecule has 0 bridgehead atoms. The number of aryl methyl sites for hydroxylation is 3. The molecular weight excluding hydrogens is 336 g/mol. The molecule has 3 rings (SSSR count). The molecule has 1 heterocycles. The van der Waals surface area contributed by atoms with E-state index in [1.54, 1.807) is 17.0 Å². The molecule has 1 aliphatic heterocycles. The molecule has 2 aromatic rings. The summed E-state index contributed by atoms with van der Waals surface area (Å²) in [5.41, 5.74) is 3.83. The van der Waals surface area contributed by atoms with Crippen LogP contribution in [0.4, 0.5) is 5.69 Å². The fourth-order valence-electron chi connectivity index (χ4n) is 3.19. The van der Waals surface area contributed by atoms with E-state index in [1.807, 2.05) is 45.0 Å². The van der Waals surface area contributed by atoms with Crippen LogP contribution >= 0.6 is 0 Å². The van der Waals surface area contributed by atoms with Gasteiger partial charge < -0.3 is 4.90 Å². The Hall–Kier alpha value is -2.18. The minimum Gasteiger partial charge on any atom is -0.311 e. The number of carbonyl (C=O) groups is 1. The molecule has 1 atom stereocenters. The summed E-state index contributed by atoms with van der Waals surface area (Å²) in [6, 6.07) is 11.9. The first-order chi connectivity index (χ1) is 11.8. The van der Waals surface area contributed by atoms with Crippen molar-refractivity contribution in [1.29, 1.82) is 0 Å². The number of nitrogens with zero attached hydrogens (tertiary/aromatic N) is 1. The normalized spacial score (nSPS) is 18.0. The topological polar surface area (TPSA) is 66.5 Å². The van der Waals surface area contributed by atoms with Crippen LogP contribution < -0.4 is 9.62 Å². The Labute approximate surface area is 148 Å². The monoisotopic (exact) mass is 358 g/mol. The number of benzene rings is 2. The summed E-state index contributed by atoms with van der Waals surface area (Å²) in [4.78, 5) is 14.5. The van der Waals surface area contributed by atoms with Crippen molar-refractivity contribution in [2.75, 3.05) is 11.4 Å². The highest BCUT2D eigenvalue weighted by molar-refractivity contribution is 7.89. The van der Waals surface area contributed by atoms with E-state index in [-0.39, 0.29) is 10.8 Å². The molecular formula is C19H22N2O3S. The SMILES string of the molecule is Cc1cc(C)cc(N2CC[C@H](NS(=O)(=O)c3cccc(C)c3)C2=O)c1. The number of amides is 1. The second-order valence-electron chi connectivity index (χ2n) is 6.61. The molecule has 0 aromatic heterocycles. The van der Waals surface area contributed by atoms with Crippen LogP contribution in [0, 0.1) is 20.8 Å². The third-order valence-electron chi connectivity index (χ3n) is 4.32. The molecule has 0 saturated carbocycles. The molecule has 0 aliphatic carbocycles. The Kier molecular flexibility index (Phi) is 4.67. The Morgan fingerprint density at radius 1 is 1.00 bits per heavy atom. The standard InChI is InChI=1S/C19H22N2O3S/c1-13-5-4-6-17(12-13)25(23,24)20-18-7-8-21(19(18)22)16-10-14(2)9-15(3)11-16/h4-6,9-12,18,20H,7-8H2,1-3H3/t18-/m0/s1. The molecule has 1 saturated heterocycles. The lowest BCUT2D eigenvalue weighted by Crippen LogP contribution is -2.41. The van der Waals surface area contributed by atoms with Crippen molar-refractivity contribution in [1.82, 2.24) is 4.72 Å². The minimum absolute atomic E-state index is 0.185. The van der Waals surface area contributed by atoms with Gasteiger partial charge in [0, 0.05) is 12.2 Å². The number of hydrogen-bond acceptors (Lipinski definition) is 3. The van der Waals surface area contributed by atoms with Crippen LogP contribution in [0.2, 0.25) is 0 Å². The molecule has 0 unspecified atom stereocenters. The van der Waals surface area contributed by atoms with Gasteiger partial charge in [-0.3, -0.25) is 4.79 Å². The van der Waals surface area contributed by atoms with Crippen molar-refractivity contribution in [2.45, 2.75) is 38.1 Å².